The molecule has 4 heteroatoms. The van der Waals surface area contributed by atoms with Gasteiger partial charge in [-0.25, -0.2) is 4.98 Å². The highest BCUT2D eigenvalue weighted by atomic mass is 32.1. The van der Waals surface area contributed by atoms with Gasteiger partial charge in [0.05, 0.1) is 5.69 Å². The van der Waals surface area contributed by atoms with Crippen molar-refractivity contribution >= 4 is 11.3 Å². The van der Waals surface area contributed by atoms with Gasteiger partial charge in [-0.1, -0.05) is 13.8 Å². The summed E-state index contributed by atoms with van der Waals surface area (Å²) in [6.45, 7) is 5.02. The van der Waals surface area contributed by atoms with Crippen LogP contribution in [0.5, 0.6) is 0 Å². The van der Waals surface area contributed by atoms with E-state index in [4.69, 9.17) is 10.7 Å². The third kappa shape index (κ3) is 2.70. The first-order chi connectivity index (χ1) is 8.22. The number of nitrogens with zero attached hydrogens (tertiary/aromatic N) is 2. The van der Waals surface area contributed by atoms with E-state index in [0.29, 0.717) is 12.5 Å². The van der Waals surface area contributed by atoms with E-state index in [9.17, 15) is 0 Å². The smallest absolute Gasteiger partial charge is 0.123 e. The number of rotatable bonds is 4. The number of pyridine rings is 1. The summed E-state index contributed by atoms with van der Waals surface area (Å²) in [6, 6.07) is 3.99. The first-order valence-corrected chi connectivity index (χ1v) is 6.64. The van der Waals surface area contributed by atoms with Gasteiger partial charge in [-0.05, 0) is 31.0 Å². The topological polar surface area (TPSA) is 51.8 Å². The fourth-order valence-corrected chi connectivity index (χ4v) is 2.98. The molecule has 0 aliphatic heterocycles. The lowest BCUT2D eigenvalue weighted by Gasteiger charge is -2.02. The summed E-state index contributed by atoms with van der Waals surface area (Å²) in [4.78, 5) is 10.1. The molecule has 0 amide bonds. The Bertz CT molecular complexity index is 477. The quantitative estimate of drug-likeness (QED) is 0.904. The van der Waals surface area contributed by atoms with E-state index in [0.717, 1.165) is 17.0 Å². The maximum Gasteiger partial charge on any atom is 0.123 e. The lowest BCUT2D eigenvalue weighted by Crippen LogP contribution is -2.04. The summed E-state index contributed by atoms with van der Waals surface area (Å²) in [5.74, 6) is 0.448. The molecule has 3 nitrogen and oxygen atoms in total. The number of nitrogens with two attached hydrogens (primary N) is 1. The fourth-order valence-electron chi connectivity index (χ4n) is 1.74. The molecule has 2 N–H and O–H groups in total. The van der Waals surface area contributed by atoms with Crippen LogP contribution >= 0.6 is 11.3 Å². The van der Waals surface area contributed by atoms with Crippen molar-refractivity contribution in [3.8, 4) is 10.6 Å². The Morgan fingerprint density at radius 2 is 2.00 bits per heavy atom. The number of hydrogen-bond donors (Lipinski definition) is 1. The Morgan fingerprint density at radius 3 is 2.59 bits per heavy atom. The molecule has 2 aromatic heterocycles. The number of aromatic nitrogens is 2. The minimum Gasteiger partial charge on any atom is -0.330 e. The van der Waals surface area contributed by atoms with Gasteiger partial charge < -0.3 is 5.73 Å². The van der Waals surface area contributed by atoms with Gasteiger partial charge in [0.2, 0.25) is 0 Å². The lowest BCUT2D eigenvalue weighted by molar-refractivity contribution is 0.809. The van der Waals surface area contributed by atoms with Crippen molar-refractivity contribution in [1.82, 2.24) is 9.97 Å². The second-order valence-corrected chi connectivity index (χ2v) is 5.34. The zero-order valence-electron chi connectivity index (χ0n) is 10.2. The molecule has 0 atom stereocenters. The van der Waals surface area contributed by atoms with E-state index in [1.807, 2.05) is 12.1 Å². The molecule has 0 saturated carbocycles. The highest BCUT2D eigenvalue weighted by Crippen LogP contribution is 2.31. The van der Waals surface area contributed by atoms with Crippen molar-refractivity contribution in [2.45, 2.75) is 26.2 Å². The van der Waals surface area contributed by atoms with Crippen molar-refractivity contribution < 1.29 is 0 Å². The van der Waals surface area contributed by atoms with Crippen molar-refractivity contribution in [2.75, 3.05) is 6.54 Å². The molecule has 0 saturated heterocycles. The third-order valence-corrected chi connectivity index (χ3v) is 3.75. The molecule has 0 aliphatic rings. The Morgan fingerprint density at radius 1 is 1.29 bits per heavy atom. The van der Waals surface area contributed by atoms with Gasteiger partial charge in [-0.2, -0.15) is 0 Å². The minimum absolute atomic E-state index is 0.448. The molecule has 0 unspecified atom stereocenters. The maximum atomic E-state index is 5.65. The van der Waals surface area contributed by atoms with Crippen molar-refractivity contribution in [1.29, 1.82) is 0 Å². The predicted molar refractivity (Wildman–Crippen MR) is 72.2 cm³/mol. The molecule has 0 radical (unpaired) electrons. The fraction of sp³-hybridized carbons (Fsp3) is 0.385. The molecular formula is C13H17N3S. The Labute approximate surface area is 106 Å². The van der Waals surface area contributed by atoms with E-state index in [1.165, 1.54) is 10.6 Å². The van der Waals surface area contributed by atoms with Crippen molar-refractivity contribution in [3.05, 3.63) is 35.1 Å². The van der Waals surface area contributed by atoms with Crippen molar-refractivity contribution in [2.24, 2.45) is 5.73 Å². The molecule has 0 aliphatic carbocycles. The largest absolute Gasteiger partial charge is 0.330 e. The highest BCUT2D eigenvalue weighted by molar-refractivity contribution is 7.15. The summed E-state index contributed by atoms with van der Waals surface area (Å²) in [5, 5.41) is 1.07. The van der Waals surface area contributed by atoms with E-state index in [1.54, 1.807) is 23.7 Å². The van der Waals surface area contributed by atoms with Gasteiger partial charge in [-0.15, -0.1) is 11.3 Å². The second-order valence-electron chi connectivity index (χ2n) is 4.26. The van der Waals surface area contributed by atoms with Gasteiger partial charge >= 0.3 is 0 Å². The van der Waals surface area contributed by atoms with Gasteiger partial charge in [0, 0.05) is 22.8 Å². The lowest BCUT2D eigenvalue weighted by atomic mass is 10.1. The standard InChI is InChI=1S/C13H17N3S/c1-9(2)12-11(3-6-14)17-13(16-12)10-4-7-15-8-5-10/h4-5,7-9H,3,6,14H2,1-2H3. The molecule has 2 aromatic rings. The molecule has 0 spiro atoms. The number of thiazole rings is 1. The van der Waals surface area contributed by atoms with Crippen LogP contribution in [0.3, 0.4) is 0 Å². The zero-order chi connectivity index (χ0) is 12.3. The summed E-state index contributed by atoms with van der Waals surface area (Å²) < 4.78 is 0. The maximum absolute atomic E-state index is 5.65. The molecule has 17 heavy (non-hydrogen) atoms. The normalized spacial score (nSPS) is 11.1. The van der Waals surface area contributed by atoms with Crippen LogP contribution in [0, 0.1) is 0 Å². The average Bonchev–Trinajstić information content (AvgIpc) is 2.75. The molecule has 2 rings (SSSR count). The van der Waals surface area contributed by atoms with Crippen LogP contribution in [-0.4, -0.2) is 16.5 Å². The van der Waals surface area contributed by atoms with Crippen molar-refractivity contribution in [3.63, 3.8) is 0 Å². The Kier molecular flexibility index (Phi) is 3.86. The molecule has 0 bridgehead atoms. The van der Waals surface area contributed by atoms with Crippen LogP contribution in [0.4, 0.5) is 0 Å². The van der Waals surface area contributed by atoms with E-state index < -0.39 is 0 Å². The summed E-state index contributed by atoms with van der Waals surface area (Å²) in [6.07, 6.45) is 4.51. The Balaban J connectivity index is 2.40. The molecular weight excluding hydrogens is 230 g/mol. The first kappa shape index (κ1) is 12.2. The predicted octanol–water partition coefficient (Wildman–Crippen LogP) is 2.83. The van der Waals surface area contributed by atoms with Gasteiger partial charge in [0.15, 0.2) is 0 Å². The summed E-state index contributed by atoms with van der Waals surface area (Å²) in [7, 11) is 0. The molecule has 90 valence electrons. The highest BCUT2D eigenvalue weighted by Gasteiger charge is 2.14. The minimum atomic E-state index is 0.448. The summed E-state index contributed by atoms with van der Waals surface area (Å²) >= 11 is 1.75. The summed E-state index contributed by atoms with van der Waals surface area (Å²) in [5.41, 5.74) is 7.97. The van der Waals surface area contributed by atoms with Crippen LogP contribution < -0.4 is 5.73 Å². The van der Waals surface area contributed by atoms with Crippen LogP contribution in [0.15, 0.2) is 24.5 Å². The molecule has 0 fully saturated rings. The average molecular weight is 247 g/mol. The van der Waals surface area contributed by atoms with Crippen LogP contribution in [0.1, 0.15) is 30.3 Å². The monoisotopic (exact) mass is 247 g/mol. The molecule has 2 heterocycles. The first-order valence-electron chi connectivity index (χ1n) is 5.82. The van der Waals surface area contributed by atoms with Crippen LogP contribution in [0.25, 0.3) is 10.6 Å². The van der Waals surface area contributed by atoms with Gasteiger partial charge in [-0.3, -0.25) is 4.98 Å². The molecule has 0 aromatic carbocycles. The van der Waals surface area contributed by atoms with E-state index in [2.05, 4.69) is 18.8 Å². The van der Waals surface area contributed by atoms with E-state index in [-0.39, 0.29) is 0 Å². The van der Waals surface area contributed by atoms with Crippen LogP contribution in [0.2, 0.25) is 0 Å². The Hall–Kier alpha value is -1.26. The van der Waals surface area contributed by atoms with Crippen LogP contribution in [-0.2, 0) is 6.42 Å². The van der Waals surface area contributed by atoms with Gasteiger partial charge in [0.1, 0.15) is 5.01 Å². The third-order valence-electron chi connectivity index (χ3n) is 2.57. The SMILES string of the molecule is CC(C)c1nc(-c2ccncc2)sc1CCN. The van der Waals surface area contributed by atoms with E-state index >= 15 is 0 Å². The van der Waals surface area contributed by atoms with Gasteiger partial charge in [0.25, 0.3) is 0 Å². The second kappa shape index (κ2) is 5.38. The zero-order valence-corrected chi connectivity index (χ0v) is 11.0. The number of hydrogen-bond acceptors (Lipinski definition) is 4.